The number of Topliss-reactive ketones (excluding diaryl/α,β-unsaturated/α-hetero) is 1. The maximum atomic E-state index is 12.9. The van der Waals surface area contributed by atoms with Crippen molar-refractivity contribution in [1.29, 1.82) is 0 Å². The van der Waals surface area contributed by atoms with Crippen molar-refractivity contribution in [3.63, 3.8) is 0 Å². The first kappa shape index (κ1) is 124. The number of hydrogen-bond acceptors (Lipinski definition) is 20. The molecule has 4 N–H and O–H groups in total. The van der Waals surface area contributed by atoms with Gasteiger partial charge < -0.3 is 74.0 Å². The molecule has 0 spiro atoms. The molecule has 2 aromatic rings. The van der Waals surface area contributed by atoms with Gasteiger partial charge in [0.1, 0.15) is 23.9 Å². The number of unbranched alkanes of at least 4 members (excludes halogenated alkanes) is 3. The monoisotopic (exact) mass is 2010 g/mol. The Labute approximate surface area is 827 Å². The summed E-state index contributed by atoms with van der Waals surface area (Å²) in [4.78, 5) is 147. The van der Waals surface area contributed by atoms with Gasteiger partial charge in [-0.25, -0.2) is 22.5 Å². The zero-order chi connectivity index (χ0) is 103. The van der Waals surface area contributed by atoms with E-state index in [2.05, 4.69) is 85.3 Å². The number of rotatable bonds is 48. The number of nitrogens with one attached hydrogen (secondary N) is 4. The van der Waals surface area contributed by atoms with Crippen molar-refractivity contribution in [2.45, 2.75) is 432 Å². The topological polar surface area (TPSA) is 355 Å². The molecule has 2 atom stereocenters. The lowest BCUT2D eigenvalue weighted by atomic mass is 9.77. The second kappa shape index (κ2) is 66.5. The molecule has 0 aromatic carbocycles. The van der Waals surface area contributed by atoms with E-state index in [9.17, 15) is 83.5 Å². The van der Waals surface area contributed by atoms with Gasteiger partial charge in [-0.3, -0.25) is 57.3 Å². The van der Waals surface area contributed by atoms with E-state index in [1.165, 1.54) is 43.6 Å². The van der Waals surface area contributed by atoms with Gasteiger partial charge in [0.15, 0.2) is 0 Å². The number of carbonyl (C=O) groups excluding carboxylic acids is 10. The highest BCUT2D eigenvalue weighted by Gasteiger charge is 2.49. The molecule has 2 aromatic heterocycles. The molecule has 798 valence electrons. The second-order valence-corrected chi connectivity index (χ2v) is 38.8. The average molecular weight is 2010 g/mol. The van der Waals surface area contributed by atoms with Crippen LogP contribution in [-0.2, 0) is 90.8 Å². The van der Waals surface area contributed by atoms with Crippen molar-refractivity contribution >= 4 is 70.5 Å². The maximum Gasteiger partial charge on any atom is 0.455 e. The van der Waals surface area contributed by atoms with Crippen molar-refractivity contribution in [1.82, 2.24) is 65.5 Å². The molecule has 4 heterocycles. The summed E-state index contributed by atoms with van der Waals surface area (Å²) in [6, 6.07) is 1.97. The highest BCUT2D eigenvalue weighted by Crippen LogP contribution is 2.42. The Morgan fingerprint density at radius 1 is 0.554 bits per heavy atom. The molecule has 8 aliphatic carbocycles. The fourth-order valence-electron chi connectivity index (χ4n) is 16.8. The largest absolute Gasteiger partial charge is 0.455 e. The van der Waals surface area contributed by atoms with Gasteiger partial charge in [0.05, 0.1) is 54.5 Å². The summed E-state index contributed by atoms with van der Waals surface area (Å²) in [6.45, 7) is 32.1. The Hall–Kier alpha value is -7.48. The number of nitrogens with zero attached hydrogens (tertiary/aromatic N) is 9. The number of carbonyl (C=O) groups is 10. The lowest BCUT2D eigenvalue weighted by molar-refractivity contribution is -0.153. The lowest BCUT2D eigenvalue weighted by Crippen LogP contribution is -2.55. The molecule has 2 saturated heterocycles. The Kier molecular flexibility index (Phi) is 59.2. The highest BCUT2D eigenvalue weighted by atomic mass is 35.5. The van der Waals surface area contributed by atoms with Gasteiger partial charge in [-0.1, -0.05) is 112 Å². The smallest absolute Gasteiger partial charge is 0.384 e. The number of methoxy groups -OCH3 is 3. The molecule has 38 heteroatoms. The van der Waals surface area contributed by atoms with E-state index in [0.29, 0.717) is 114 Å². The van der Waals surface area contributed by atoms with Crippen molar-refractivity contribution in [3.05, 3.63) is 39.1 Å². The summed E-state index contributed by atoms with van der Waals surface area (Å²) in [5.41, 5.74) is -0.836. The minimum atomic E-state index is -4.65. The van der Waals surface area contributed by atoms with E-state index >= 15 is 0 Å². The van der Waals surface area contributed by atoms with Gasteiger partial charge in [-0.2, -0.15) is 18.2 Å². The van der Waals surface area contributed by atoms with Gasteiger partial charge in [0.2, 0.25) is 71.9 Å². The molecule has 30 nitrogen and oxygen atoms in total. The minimum absolute atomic E-state index is 0.0168. The first-order valence-corrected chi connectivity index (χ1v) is 52.2. The zero-order valence-electron chi connectivity index (χ0n) is 86.3. The SMILES string of the molecule is CCCC1CC1OC.CCCCC(=O)CCC(F)F.CCCCNC(=O)CC.CCCCNC(=O)CC(F)F.CCCN(C(=O)C1(COC)CCOCC1)C1CC1.CCCN(C(=O)CC1(NC(=O)C2CC2)CCC(OC)CC1)C1CC1.CCCN(C(=O)CC1(NC(C)=O)CCOCC1)C1CC1.CCCN(C(=O)Cc1nc(C(F)(F)F)no1)C1CC1.CCCN(C(=O)Cn1c(C)c(Cl)ncc1=O)C1CC1. The molecule has 10 fully saturated rings. The Balaban J connectivity index is 0.000000333. The van der Waals surface area contributed by atoms with Crippen molar-refractivity contribution < 1.29 is 107 Å². The molecule has 2 unspecified atom stereocenters. The number of aromatic nitrogens is 4. The molecular formula is C101H171ClF7N13O17. The van der Waals surface area contributed by atoms with E-state index < -0.39 is 42.7 Å². The van der Waals surface area contributed by atoms with Crippen LogP contribution < -0.4 is 26.8 Å². The summed E-state index contributed by atoms with van der Waals surface area (Å²) in [5, 5.41) is 14.6. The molecule has 8 saturated carbocycles. The van der Waals surface area contributed by atoms with Crippen molar-refractivity contribution in [2.75, 3.05) is 100 Å². The summed E-state index contributed by atoms with van der Waals surface area (Å²) >= 11 is 5.89. The fourth-order valence-corrected chi connectivity index (χ4v) is 17.0. The number of amides is 9. The second-order valence-electron chi connectivity index (χ2n) is 38.5. The van der Waals surface area contributed by atoms with Crippen molar-refractivity contribution in [2.24, 2.45) is 17.3 Å². The van der Waals surface area contributed by atoms with Gasteiger partial charge >= 0.3 is 6.18 Å². The van der Waals surface area contributed by atoms with Crippen LogP contribution in [0.1, 0.15) is 357 Å². The van der Waals surface area contributed by atoms with E-state index in [1.807, 2.05) is 44.4 Å². The van der Waals surface area contributed by atoms with Crippen LogP contribution in [-0.4, -0.2) is 270 Å². The molecule has 139 heavy (non-hydrogen) atoms. The number of alkyl halides is 7. The summed E-state index contributed by atoms with van der Waals surface area (Å²) in [6.07, 6.45) is 27.3. The third-order valence-electron chi connectivity index (χ3n) is 25.8. The van der Waals surface area contributed by atoms with Crippen LogP contribution in [0, 0.1) is 24.2 Å². The molecule has 2 aliphatic heterocycles. The van der Waals surface area contributed by atoms with Gasteiger partial charge in [0, 0.05) is 174 Å². The minimum Gasteiger partial charge on any atom is -0.384 e. The van der Waals surface area contributed by atoms with Gasteiger partial charge in [-0.15, -0.1) is 0 Å². The van der Waals surface area contributed by atoms with Crippen LogP contribution in [0.4, 0.5) is 30.7 Å². The summed E-state index contributed by atoms with van der Waals surface area (Å²) in [7, 11) is 5.24. The van der Waals surface area contributed by atoms with Crippen LogP contribution in [0.2, 0.25) is 5.15 Å². The van der Waals surface area contributed by atoms with E-state index in [1.54, 1.807) is 33.2 Å². The molecular weight excluding hydrogens is 1840 g/mol. The lowest BCUT2D eigenvalue weighted by Gasteiger charge is -2.41. The predicted octanol–water partition coefficient (Wildman–Crippen LogP) is 17.0. The Morgan fingerprint density at radius 2 is 1.01 bits per heavy atom. The first-order valence-electron chi connectivity index (χ1n) is 51.9. The number of hydrogen-bond donors (Lipinski definition) is 4. The molecule has 10 aliphatic rings. The van der Waals surface area contributed by atoms with Crippen LogP contribution in [0.5, 0.6) is 0 Å². The fraction of sp³-hybridized carbons (Fsp3) is 0.842. The van der Waals surface area contributed by atoms with E-state index in [4.69, 9.17) is 35.3 Å². The highest BCUT2D eigenvalue weighted by molar-refractivity contribution is 6.30. The normalized spacial score (nSPS) is 19.6. The maximum absolute atomic E-state index is 12.9. The molecule has 12 rings (SSSR count). The van der Waals surface area contributed by atoms with E-state index in [0.717, 1.165) is 231 Å². The zero-order valence-corrected chi connectivity index (χ0v) is 87.1. The van der Waals surface area contributed by atoms with Crippen LogP contribution in [0.15, 0.2) is 15.5 Å². The Morgan fingerprint density at radius 3 is 1.42 bits per heavy atom. The third-order valence-corrected chi connectivity index (χ3v) is 26.1. The average Bonchev–Trinajstić information content (AvgIpc) is 1.57. The number of halogens is 8. The quantitative estimate of drug-likeness (QED) is 0.0353. The van der Waals surface area contributed by atoms with Crippen molar-refractivity contribution in [3.8, 4) is 0 Å². The Bertz CT molecular complexity index is 3950. The summed E-state index contributed by atoms with van der Waals surface area (Å²) < 4.78 is 116. The van der Waals surface area contributed by atoms with Gasteiger partial charge in [0.25, 0.3) is 11.4 Å². The molecule has 0 radical (unpaired) electrons. The van der Waals surface area contributed by atoms with E-state index in [-0.39, 0.29) is 119 Å². The standard InChI is InChI=1S/C19H32N2O3.C15H26N2O3.C14H25NO3.C13H18ClN3O2.C11H14F3N3O2.C8H14F2O.C7H13F2NO.C7H15NO.C7H14O/c1-3-12-21(15-6-7-15)17(22)13-19(20-18(23)14-4-5-14)10-8-16(24-2)9-11-19;1-3-8-17(13-4-5-13)14(19)11-15(16-12(2)18)6-9-20-10-7-15;1-3-8-15(12-4-5-12)13(16)14(11-17-2)6-9-18-10-7-14;1-3-6-16(10-4-5-10)12(19)8-17-9(2)13(14)15-7-11(17)18;1-2-5-17(7-3-4-7)9(18)6-8-15-10(16-19-8)11(12,13)14;1-2-3-4-7(11)5-6-8(9)10;1-2-3-4-10-7(11)5-6(8)9;1-3-5-6-8-7(9)4-2;1-3-4-6-5-7(6)8-2/h14-16H,3-13H2,1-2H3,(H,20,23);13H,3-11H2,1-2H3,(H,16,18);12H,3-11H2,1-2H3;7,10H,3-6,8H2,1-2H3;7H,2-6H2,1H3;8H,2-6H2,1H3;6H,2-5H2,1H3,(H,10,11);3-6H2,1-2H3,(H,8,9);6-7H,3-5H2,1-2H3. The molecule has 0 bridgehead atoms. The number of ketones is 1. The molecule has 9 amide bonds. The summed E-state index contributed by atoms with van der Waals surface area (Å²) in [5.74, 6) is -0.448. The van der Waals surface area contributed by atoms with Crippen LogP contribution in [0.3, 0.4) is 0 Å². The third kappa shape index (κ3) is 49.1. The first-order chi connectivity index (χ1) is 66.3. The van der Waals surface area contributed by atoms with Crippen LogP contribution in [0.25, 0.3) is 0 Å². The van der Waals surface area contributed by atoms with Gasteiger partial charge in [-0.05, 0) is 205 Å². The number of ether oxygens (including phenoxy) is 5. The van der Waals surface area contributed by atoms with Crippen LogP contribution >= 0.6 is 11.6 Å². The predicted molar refractivity (Wildman–Crippen MR) is 520 cm³/mol.